The van der Waals surface area contributed by atoms with E-state index in [1.54, 1.807) is 19.1 Å². The lowest BCUT2D eigenvalue weighted by Crippen LogP contribution is -2.39. The van der Waals surface area contributed by atoms with Crippen LogP contribution in [0, 0.1) is 0 Å². The van der Waals surface area contributed by atoms with Gasteiger partial charge < -0.3 is 15.2 Å². The predicted octanol–water partition coefficient (Wildman–Crippen LogP) is 1.72. The summed E-state index contributed by atoms with van der Waals surface area (Å²) < 4.78 is 10.5. The highest BCUT2D eigenvalue weighted by Crippen LogP contribution is 2.32. The Morgan fingerprint density at radius 1 is 1.47 bits per heavy atom. The Bertz CT molecular complexity index is 441. The standard InChI is InChI=1S/C11H11NO3/c1-3-11(2)14-9-5-4-7(12)6-8(9)10(13)15-11/h3-6H,1,12H2,2H3. The summed E-state index contributed by atoms with van der Waals surface area (Å²) in [6, 6.07) is 4.84. The van der Waals surface area contributed by atoms with Crippen molar-refractivity contribution in [1.82, 2.24) is 0 Å². The second-order valence-electron chi connectivity index (χ2n) is 3.47. The van der Waals surface area contributed by atoms with Gasteiger partial charge in [0.2, 0.25) is 0 Å². The van der Waals surface area contributed by atoms with Gasteiger partial charge in [-0.25, -0.2) is 4.79 Å². The predicted molar refractivity (Wildman–Crippen MR) is 55.5 cm³/mol. The molecule has 1 aliphatic rings. The average molecular weight is 205 g/mol. The molecule has 1 aromatic rings. The molecule has 78 valence electrons. The molecule has 0 amide bonds. The monoisotopic (exact) mass is 205 g/mol. The lowest BCUT2D eigenvalue weighted by molar-refractivity contribution is -0.105. The van der Waals surface area contributed by atoms with E-state index < -0.39 is 11.8 Å². The summed E-state index contributed by atoms with van der Waals surface area (Å²) >= 11 is 0. The molecule has 1 aliphatic heterocycles. The summed E-state index contributed by atoms with van der Waals surface area (Å²) in [6.45, 7) is 5.18. The van der Waals surface area contributed by atoms with E-state index in [0.29, 0.717) is 17.0 Å². The molecule has 2 N–H and O–H groups in total. The van der Waals surface area contributed by atoms with E-state index in [4.69, 9.17) is 15.2 Å². The molecule has 0 fully saturated rings. The third-order valence-corrected chi connectivity index (χ3v) is 2.20. The minimum absolute atomic E-state index is 0.342. The van der Waals surface area contributed by atoms with E-state index in [9.17, 15) is 4.79 Å². The van der Waals surface area contributed by atoms with Crippen LogP contribution in [-0.4, -0.2) is 11.8 Å². The van der Waals surface area contributed by atoms with E-state index in [2.05, 4.69) is 6.58 Å². The van der Waals surface area contributed by atoms with Crippen molar-refractivity contribution in [2.45, 2.75) is 12.7 Å². The number of rotatable bonds is 1. The number of carbonyl (C=O) groups excluding carboxylic acids is 1. The van der Waals surface area contributed by atoms with Gasteiger partial charge >= 0.3 is 5.97 Å². The lowest BCUT2D eigenvalue weighted by Gasteiger charge is -2.32. The first-order valence-corrected chi connectivity index (χ1v) is 4.49. The quantitative estimate of drug-likeness (QED) is 0.431. The Labute approximate surface area is 87.3 Å². The van der Waals surface area contributed by atoms with Crippen LogP contribution in [0.2, 0.25) is 0 Å². The van der Waals surface area contributed by atoms with Crippen molar-refractivity contribution >= 4 is 11.7 Å². The van der Waals surface area contributed by atoms with Crippen molar-refractivity contribution in [2.24, 2.45) is 0 Å². The minimum atomic E-state index is -1.10. The van der Waals surface area contributed by atoms with Crippen LogP contribution < -0.4 is 10.5 Å². The molecule has 0 saturated carbocycles. The highest BCUT2D eigenvalue weighted by Gasteiger charge is 2.35. The molecule has 0 saturated heterocycles. The van der Waals surface area contributed by atoms with Crippen molar-refractivity contribution in [3.8, 4) is 5.75 Å². The van der Waals surface area contributed by atoms with Gasteiger partial charge in [0.15, 0.2) is 0 Å². The molecular weight excluding hydrogens is 194 g/mol. The van der Waals surface area contributed by atoms with Gasteiger partial charge in [0.25, 0.3) is 5.79 Å². The van der Waals surface area contributed by atoms with Gasteiger partial charge in [-0.15, -0.1) is 0 Å². The second kappa shape index (κ2) is 3.02. The second-order valence-corrected chi connectivity index (χ2v) is 3.47. The number of hydrogen-bond donors (Lipinski definition) is 1. The van der Waals surface area contributed by atoms with Crippen LogP contribution in [0.5, 0.6) is 5.75 Å². The molecular formula is C11H11NO3. The van der Waals surface area contributed by atoms with Crippen LogP contribution in [0.1, 0.15) is 17.3 Å². The number of nitrogen functional groups attached to an aromatic ring is 1. The van der Waals surface area contributed by atoms with Crippen LogP contribution in [0.15, 0.2) is 30.9 Å². The van der Waals surface area contributed by atoms with E-state index in [1.165, 1.54) is 12.1 Å². The molecule has 0 aromatic heterocycles. The topological polar surface area (TPSA) is 61.5 Å². The van der Waals surface area contributed by atoms with Gasteiger partial charge in [-0.05, 0) is 24.3 Å². The maximum atomic E-state index is 11.6. The number of hydrogen-bond acceptors (Lipinski definition) is 4. The highest BCUT2D eigenvalue weighted by molar-refractivity contribution is 5.94. The zero-order valence-corrected chi connectivity index (χ0v) is 8.32. The maximum absolute atomic E-state index is 11.6. The molecule has 0 spiro atoms. The molecule has 4 nitrogen and oxygen atoms in total. The van der Waals surface area contributed by atoms with Crippen LogP contribution in [0.3, 0.4) is 0 Å². The molecule has 0 radical (unpaired) electrons. The smallest absolute Gasteiger partial charge is 0.345 e. The van der Waals surface area contributed by atoms with Crippen LogP contribution in [-0.2, 0) is 4.74 Å². The number of esters is 1. The fraction of sp³-hybridized carbons (Fsp3) is 0.182. The number of ether oxygens (including phenoxy) is 2. The van der Waals surface area contributed by atoms with E-state index >= 15 is 0 Å². The number of carbonyl (C=O) groups is 1. The molecule has 15 heavy (non-hydrogen) atoms. The Morgan fingerprint density at radius 3 is 2.87 bits per heavy atom. The summed E-state index contributed by atoms with van der Waals surface area (Å²) in [4.78, 5) is 11.6. The van der Waals surface area contributed by atoms with Gasteiger partial charge in [-0.3, -0.25) is 0 Å². The summed E-state index contributed by atoms with van der Waals surface area (Å²) in [5.41, 5.74) is 6.40. The molecule has 4 heteroatoms. The first-order chi connectivity index (χ1) is 7.04. The fourth-order valence-corrected chi connectivity index (χ4v) is 1.36. The van der Waals surface area contributed by atoms with Crippen molar-refractivity contribution in [3.05, 3.63) is 36.4 Å². The van der Waals surface area contributed by atoms with Gasteiger partial charge in [-0.2, -0.15) is 0 Å². The van der Waals surface area contributed by atoms with Crippen molar-refractivity contribution in [1.29, 1.82) is 0 Å². The van der Waals surface area contributed by atoms with E-state index in [1.807, 2.05) is 0 Å². The zero-order valence-electron chi connectivity index (χ0n) is 8.32. The minimum Gasteiger partial charge on any atom is -0.448 e. The van der Waals surface area contributed by atoms with Crippen molar-refractivity contribution < 1.29 is 14.3 Å². The van der Waals surface area contributed by atoms with Crippen LogP contribution in [0.25, 0.3) is 0 Å². The molecule has 2 rings (SSSR count). The molecule has 1 heterocycles. The Balaban J connectivity index is 2.50. The molecule has 1 unspecified atom stereocenters. The molecule has 1 atom stereocenters. The van der Waals surface area contributed by atoms with E-state index in [0.717, 1.165) is 0 Å². The largest absolute Gasteiger partial charge is 0.448 e. The fourth-order valence-electron chi connectivity index (χ4n) is 1.36. The van der Waals surface area contributed by atoms with E-state index in [-0.39, 0.29) is 0 Å². The van der Waals surface area contributed by atoms with Gasteiger partial charge in [0, 0.05) is 12.6 Å². The van der Waals surface area contributed by atoms with Gasteiger partial charge in [0.1, 0.15) is 11.3 Å². The normalized spacial score (nSPS) is 23.7. The van der Waals surface area contributed by atoms with Gasteiger partial charge in [0.05, 0.1) is 0 Å². The van der Waals surface area contributed by atoms with Crippen LogP contribution in [0.4, 0.5) is 5.69 Å². The Kier molecular flexibility index (Phi) is 1.93. The number of nitrogens with two attached hydrogens (primary N) is 1. The molecule has 0 bridgehead atoms. The first kappa shape index (κ1) is 9.58. The third-order valence-electron chi connectivity index (χ3n) is 2.20. The summed E-state index contributed by atoms with van der Waals surface area (Å²) in [7, 11) is 0. The summed E-state index contributed by atoms with van der Waals surface area (Å²) in [5, 5.41) is 0. The zero-order chi connectivity index (χ0) is 11.1. The first-order valence-electron chi connectivity index (χ1n) is 4.49. The molecule has 0 aliphatic carbocycles. The summed E-state index contributed by atoms with van der Waals surface area (Å²) in [5.74, 6) is -1.09. The maximum Gasteiger partial charge on any atom is 0.345 e. The Hall–Kier alpha value is -1.97. The summed E-state index contributed by atoms with van der Waals surface area (Å²) in [6.07, 6.45) is 1.43. The van der Waals surface area contributed by atoms with Crippen LogP contribution >= 0.6 is 0 Å². The SMILES string of the molecule is C=CC1(C)OC(=O)c2cc(N)ccc2O1. The third kappa shape index (κ3) is 1.54. The number of anilines is 1. The number of cyclic esters (lactones) is 1. The number of fused-ring (bicyclic) bond motifs is 1. The highest BCUT2D eigenvalue weighted by atomic mass is 16.7. The van der Waals surface area contributed by atoms with Gasteiger partial charge in [-0.1, -0.05) is 6.58 Å². The van der Waals surface area contributed by atoms with Crippen molar-refractivity contribution in [3.63, 3.8) is 0 Å². The number of benzene rings is 1. The average Bonchev–Trinajstić information content (AvgIpc) is 2.20. The lowest BCUT2D eigenvalue weighted by atomic mass is 10.1. The van der Waals surface area contributed by atoms with Crippen molar-refractivity contribution in [2.75, 3.05) is 5.73 Å². The molecule has 1 aromatic carbocycles. The Morgan fingerprint density at radius 2 is 2.20 bits per heavy atom.